The molecule has 8 nitrogen and oxygen atoms in total. The van der Waals surface area contributed by atoms with Crippen LogP contribution >= 0.6 is 0 Å². The maximum Gasteiger partial charge on any atom is 0.573 e. The van der Waals surface area contributed by atoms with Crippen molar-refractivity contribution in [2.75, 3.05) is 27.2 Å². The molecule has 0 aromatic heterocycles. The number of amides is 1. The van der Waals surface area contributed by atoms with Crippen molar-refractivity contribution in [3.05, 3.63) is 29.8 Å². The fourth-order valence-corrected chi connectivity index (χ4v) is 2.99. The van der Waals surface area contributed by atoms with Gasteiger partial charge in [0.1, 0.15) is 5.75 Å². The third-order valence-corrected chi connectivity index (χ3v) is 4.43. The third kappa shape index (κ3) is 8.27. The summed E-state index contributed by atoms with van der Waals surface area (Å²) in [4.78, 5) is 36.5. The molecule has 1 amide bonds. The fraction of sp³-hybridized carbons (Fsp3) is 0.526. The van der Waals surface area contributed by atoms with E-state index in [-0.39, 0.29) is 24.7 Å². The van der Waals surface area contributed by atoms with E-state index in [0.717, 1.165) is 13.0 Å². The Hall–Kier alpha value is -2.82. The van der Waals surface area contributed by atoms with Gasteiger partial charge in [-0.05, 0) is 39.1 Å². The highest BCUT2D eigenvalue weighted by molar-refractivity contribution is 5.97. The molecule has 0 saturated carbocycles. The average Bonchev–Trinajstić information content (AvgIpc) is 2.83. The van der Waals surface area contributed by atoms with Gasteiger partial charge in [-0.15, -0.1) is 13.2 Å². The monoisotopic (exact) mass is 434 g/mol. The summed E-state index contributed by atoms with van der Waals surface area (Å²) in [5.41, 5.74) is -0.242. The van der Waals surface area contributed by atoms with Crippen LogP contribution in [-0.2, 0) is 9.59 Å². The Bertz CT molecular complexity index is 750. The summed E-state index contributed by atoms with van der Waals surface area (Å²) in [6, 6.07) is 5.00. The molecule has 0 aliphatic carbocycles. The molecule has 2 rings (SSSR count). The molecule has 0 spiro atoms. The van der Waals surface area contributed by atoms with E-state index in [9.17, 15) is 27.9 Å². The maximum atomic E-state index is 12.9. The Kier molecular flexibility index (Phi) is 9.09. The van der Waals surface area contributed by atoms with Crippen molar-refractivity contribution >= 4 is 17.8 Å². The Morgan fingerprint density at radius 3 is 2.17 bits per heavy atom. The number of rotatable bonds is 4. The van der Waals surface area contributed by atoms with Crippen LogP contribution in [0, 0.1) is 5.92 Å². The van der Waals surface area contributed by atoms with Crippen LogP contribution in [0.4, 0.5) is 13.2 Å². The SMILES string of the molecule is CC(=O)O.CN(C)[C@@H]1CC[C@H](C(=O)O)CN(C(=O)c2ccccc2OC(F)(F)F)C1. The molecule has 1 aromatic rings. The lowest BCUT2D eigenvalue weighted by atomic mass is 10.0. The van der Waals surface area contributed by atoms with Crippen LogP contribution in [0.5, 0.6) is 5.75 Å². The van der Waals surface area contributed by atoms with E-state index in [2.05, 4.69) is 4.74 Å². The number of carbonyl (C=O) groups is 3. The number of ether oxygens (including phenoxy) is 1. The lowest BCUT2D eigenvalue weighted by Gasteiger charge is -2.29. The van der Waals surface area contributed by atoms with E-state index in [1.165, 1.54) is 23.1 Å². The van der Waals surface area contributed by atoms with Crippen LogP contribution < -0.4 is 4.74 Å². The molecule has 0 bridgehead atoms. The summed E-state index contributed by atoms with van der Waals surface area (Å²) >= 11 is 0. The van der Waals surface area contributed by atoms with E-state index in [1.807, 2.05) is 19.0 Å². The second-order valence-corrected chi connectivity index (χ2v) is 7.00. The van der Waals surface area contributed by atoms with Gasteiger partial charge < -0.3 is 24.7 Å². The summed E-state index contributed by atoms with van der Waals surface area (Å²) in [6.07, 6.45) is -3.96. The summed E-state index contributed by atoms with van der Waals surface area (Å²) < 4.78 is 41.7. The average molecular weight is 434 g/mol. The van der Waals surface area contributed by atoms with Gasteiger partial charge in [-0.3, -0.25) is 14.4 Å². The predicted molar refractivity (Wildman–Crippen MR) is 100 cm³/mol. The van der Waals surface area contributed by atoms with Gasteiger partial charge in [-0.1, -0.05) is 12.1 Å². The minimum absolute atomic E-state index is 0.0567. The quantitative estimate of drug-likeness (QED) is 0.750. The molecule has 1 aliphatic heterocycles. The minimum atomic E-state index is -4.93. The Balaban J connectivity index is 0.00000103. The van der Waals surface area contributed by atoms with Gasteiger partial charge in [0.2, 0.25) is 0 Å². The van der Waals surface area contributed by atoms with E-state index in [1.54, 1.807) is 0 Å². The number of halogens is 3. The number of para-hydroxylation sites is 1. The number of benzene rings is 1. The molecule has 1 aliphatic rings. The molecular weight excluding hydrogens is 409 g/mol. The predicted octanol–water partition coefficient (Wildman–Crippen LogP) is 2.54. The summed E-state index contributed by atoms with van der Waals surface area (Å²) in [7, 11) is 3.63. The van der Waals surface area contributed by atoms with E-state index in [4.69, 9.17) is 9.90 Å². The van der Waals surface area contributed by atoms with Crippen molar-refractivity contribution in [2.45, 2.75) is 32.2 Å². The highest BCUT2D eigenvalue weighted by Gasteiger charge is 2.35. The second kappa shape index (κ2) is 10.8. The van der Waals surface area contributed by atoms with Crippen molar-refractivity contribution in [1.29, 1.82) is 0 Å². The van der Waals surface area contributed by atoms with Gasteiger partial charge in [0.15, 0.2) is 0 Å². The van der Waals surface area contributed by atoms with E-state index < -0.39 is 35.9 Å². The van der Waals surface area contributed by atoms with Gasteiger partial charge in [0, 0.05) is 26.1 Å². The Morgan fingerprint density at radius 2 is 1.67 bits per heavy atom. The first-order valence-corrected chi connectivity index (χ1v) is 9.04. The first kappa shape index (κ1) is 25.2. The smallest absolute Gasteiger partial charge is 0.481 e. The fourth-order valence-electron chi connectivity index (χ4n) is 2.99. The number of hydrogen-bond acceptors (Lipinski definition) is 5. The molecule has 168 valence electrons. The molecule has 1 heterocycles. The molecule has 30 heavy (non-hydrogen) atoms. The number of likely N-dealkylation sites (tertiary alicyclic amines) is 1. The van der Waals surface area contributed by atoms with Crippen LogP contribution in [0.15, 0.2) is 24.3 Å². The third-order valence-electron chi connectivity index (χ3n) is 4.43. The van der Waals surface area contributed by atoms with Crippen molar-refractivity contribution in [3.63, 3.8) is 0 Å². The molecule has 1 aromatic carbocycles. The van der Waals surface area contributed by atoms with Crippen LogP contribution in [0.25, 0.3) is 0 Å². The van der Waals surface area contributed by atoms with Gasteiger partial charge >= 0.3 is 12.3 Å². The zero-order valence-corrected chi connectivity index (χ0v) is 16.8. The van der Waals surface area contributed by atoms with Crippen molar-refractivity contribution in [1.82, 2.24) is 9.80 Å². The van der Waals surface area contributed by atoms with Crippen molar-refractivity contribution < 1.29 is 42.5 Å². The van der Waals surface area contributed by atoms with Crippen LogP contribution in [0.1, 0.15) is 30.1 Å². The molecule has 11 heteroatoms. The number of aliphatic carboxylic acids is 2. The van der Waals surface area contributed by atoms with Crippen molar-refractivity contribution in [2.24, 2.45) is 5.92 Å². The van der Waals surface area contributed by atoms with Gasteiger partial charge in [0.25, 0.3) is 11.9 Å². The largest absolute Gasteiger partial charge is 0.573 e. The lowest BCUT2D eigenvalue weighted by molar-refractivity contribution is -0.274. The number of alkyl halides is 3. The van der Waals surface area contributed by atoms with Crippen LogP contribution in [-0.4, -0.2) is 77.4 Å². The molecular formula is C19H25F3N2O6. The zero-order chi connectivity index (χ0) is 23.1. The zero-order valence-electron chi connectivity index (χ0n) is 16.8. The van der Waals surface area contributed by atoms with Gasteiger partial charge in [-0.2, -0.15) is 0 Å². The van der Waals surface area contributed by atoms with Crippen molar-refractivity contribution in [3.8, 4) is 5.75 Å². The van der Waals surface area contributed by atoms with E-state index in [0.29, 0.717) is 12.8 Å². The number of carboxylic acid groups (broad SMARTS) is 2. The highest BCUT2D eigenvalue weighted by atomic mass is 19.4. The molecule has 0 unspecified atom stereocenters. The minimum Gasteiger partial charge on any atom is -0.481 e. The number of nitrogens with zero attached hydrogens (tertiary/aromatic N) is 2. The summed E-state index contributed by atoms with van der Waals surface area (Å²) in [5, 5.41) is 16.8. The highest BCUT2D eigenvalue weighted by Crippen LogP contribution is 2.28. The Labute approximate surface area is 171 Å². The molecule has 2 atom stereocenters. The molecule has 1 saturated heterocycles. The first-order valence-electron chi connectivity index (χ1n) is 9.04. The molecule has 2 N–H and O–H groups in total. The number of likely N-dealkylation sites (N-methyl/N-ethyl adjacent to an activating group) is 1. The number of hydrogen-bond donors (Lipinski definition) is 2. The van der Waals surface area contributed by atoms with Crippen LogP contribution in [0.3, 0.4) is 0 Å². The summed E-state index contributed by atoms with van der Waals surface area (Å²) in [5.74, 6) is -3.89. The standard InChI is InChI=1S/C17H21F3N2O4.C2H4O2/c1-21(2)12-8-7-11(16(24)25)9-22(10-12)15(23)13-5-3-4-6-14(13)26-17(18,19)20;1-2(3)4/h3-6,11-12H,7-10H2,1-2H3,(H,24,25);1H3,(H,3,4)/t11-,12+;/m0./s1. The van der Waals surface area contributed by atoms with Gasteiger partial charge in [0.05, 0.1) is 11.5 Å². The lowest BCUT2D eigenvalue weighted by Crippen LogP contribution is -2.43. The van der Waals surface area contributed by atoms with E-state index >= 15 is 0 Å². The second-order valence-electron chi connectivity index (χ2n) is 7.00. The number of carbonyl (C=O) groups excluding carboxylic acids is 1. The summed E-state index contributed by atoms with van der Waals surface area (Å²) in [6.45, 7) is 1.26. The first-order chi connectivity index (χ1) is 13.8. The maximum absolute atomic E-state index is 12.9. The number of carboxylic acids is 2. The van der Waals surface area contributed by atoms with Gasteiger partial charge in [-0.25, -0.2) is 0 Å². The normalized spacial score (nSPS) is 19.4. The Morgan fingerprint density at radius 1 is 1.10 bits per heavy atom. The topological polar surface area (TPSA) is 107 Å². The molecule has 1 fully saturated rings. The molecule has 0 radical (unpaired) electrons. The van der Waals surface area contributed by atoms with Crippen LogP contribution in [0.2, 0.25) is 0 Å².